The van der Waals surface area contributed by atoms with Crippen molar-refractivity contribution in [2.45, 2.75) is 12.5 Å². The maximum atomic E-state index is 12.5. The Morgan fingerprint density at radius 3 is 2.63 bits per heavy atom. The summed E-state index contributed by atoms with van der Waals surface area (Å²) in [6.45, 7) is -0.0597. The lowest BCUT2D eigenvalue weighted by atomic mass is 9.98. The molecule has 0 aromatic heterocycles. The van der Waals surface area contributed by atoms with Crippen molar-refractivity contribution in [2.24, 2.45) is 5.10 Å². The Morgan fingerprint density at radius 2 is 1.96 bits per heavy atom. The zero-order chi connectivity index (χ0) is 19.4. The Hall–Kier alpha value is -2.71. The minimum absolute atomic E-state index is 0.0597. The molecule has 0 bridgehead atoms. The molecule has 0 radical (unpaired) electrons. The van der Waals surface area contributed by atoms with Gasteiger partial charge in [-0.25, -0.2) is 13.4 Å². The number of benzene rings is 2. The Labute approximate surface area is 158 Å². The molecule has 1 aliphatic rings. The lowest BCUT2D eigenvalue weighted by Gasteiger charge is -2.21. The first-order valence-electron chi connectivity index (χ1n) is 8.39. The number of carbonyl (C=O) groups is 1. The molecule has 1 amide bonds. The van der Waals surface area contributed by atoms with Crippen LogP contribution in [0.15, 0.2) is 59.7 Å². The van der Waals surface area contributed by atoms with E-state index in [-0.39, 0.29) is 18.6 Å². The van der Waals surface area contributed by atoms with Crippen LogP contribution in [0.1, 0.15) is 23.6 Å². The summed E-state index contributed by atoms with van der Waals surface area (Å²) in [4.78, 5) is 12.5. The molecule has 1 heterocycles. The van der Waals surface area contributed by atoms with Crippen LogP contribution in [0.3, 0.4) is 0 Å². The fourth-order valence-corrected chi connectivity index (χ4v) is 3.57. The van der Waals surface area contributed by atoms with E-state index in [0.29, 0.717) is 17.8 Å². The molecule has 8 heteroatoms. The molecule has 1 atom stereocenters. The second-order valence-corrected chi connectivity index (χ2v) is 8.05. The van der Waals surface area contributed by atoms with Crippen molar-refractivity contribution in [3.63, 3.8) is 0 Å². The molecule has 1 N–H and O–H groups in total. The topological polar surface area (TPSA) is 88.1 Å². The molecule has 7 nitrogen and oxygen atoms in total. The van der Waals surface area contributed by atoms with E-state index in [4.69, 9.17) is 4.74 Å². The molecular weight excluding hydrogens is 366 g/mol. The predicted molar refractivity (Wildman–Crippen MR) is 104 cm³/mol. The Bertz CT molecular complexity index is 958. The summed E-state index contributed by atoms with van der Waals surface area (Å²) < 4.78 is 30.4. The van der Waals surface area contributed by atoms with Crippen LogP contribution in [-0.4, -0.2) is 45.0 Å². The maximum absolute atomic E-state index is 12.5. The third-order valence-electron chi connectivity index (χ3n) is 4.12. The highest BCUT2D eigenvalue weighted by Crippen LogP contribution is 2.33. The van der Waals surface area contributed by atoms with E-state index < -0.39 is 10.0 Å². The van der Waals surface area contributed by atoms with Crippen LogP contribution < -0.4 is 4.72 Å². The molecule has 27 heavy (non-hydrogen) atoms. The van der Waals surface area contributed by atoms with E-state index in [9.17, 15) is 13.2 Å². The molecule has 0 fully saturated rings. The minimum Gasteiger partial charge on any atom is -0.375 e. The monoisotopic (exact) mass is 387 g/mol. The quantitative estimate of drug-likeness (QED) is 0.824. The highest BCUT2D eigenvalue weighted by Gasteiger charge is 2.32. The van der Waals surface area contributed by atoms with Gasteiger partial charge < -0.3 is 4.74 Å². The Kier molecular flexibility index (Phi) is 5.57. The van der Waals surface area contributed by atoms with Gasteiger partial charge in [0.2, 0.25) is 10.0 Å². The van der Waals surface area contributed by atoms with Crippen molar-refractivity contribution >= 4 is 27.3 Å². The molecule has 3 rings (SSSR count). The number of nitrogens with one attached hydrogen (secondary N) is 1. The average Bonchev–Trinajstić information content (AvgIpc) is 3.07. The van der Waals surface area contributed by atoms with Crippen LogP contribution in [0.2, 0.25) is 0 Å². The first-order chi connectivity index (χ1) is 12.9. The van der Waals surface area contributed by atoms with Crippen molar-refractivity contribution in [3.8, 4) is 0 Å². The van der Waals surface area contributed by atoms with Gasteiger partial charge in [-0.1, -0.05) is 42.5 Å². The van der Waals surface area contributed by atoms with Gasteiger partial charge >= 0.3 is 0 Å². The van der Waals surface area contributed by atoms with E-state index in [1.54, 1.807) is 18.2 Å². The lowest BCUT2D eigenvalue weighted by Crippen LogP contribution is -2.30. The molecule has 1 aliphatic heterocycles. The van der Waals surface area contributed by atoms with E-state index in [2.05, 4.69) is 9.82 Å². The third-order valence-corrected chi connectivity index (χ3v) is 4.72. The Balaban J connectivity index is 1.93. The number of ether oxygens (including phenoxy) is 1. The second-order valence-electron chi connectivity index (χ2n) is 6.30. The normalized spacial score (nSPS) is 16.9. The molecule has 2 aromatic rings. The van der Waals surface area contributed by atoms with Gasteiger partial charge in [0, 0.05) is 19.2 Å². The highest BCUT2D eigenvalue weighted by molar-refractivity contribution is 7.92. The molecule has 0 saturated heterocycles. The van der Waals surface area contributed by atoms with Gasteiger partial charge in [0.05, 0.1) is 18.0 Å². The number of amides is 1. The molecule has 0 aliphatic carbocycles. The molecule has 0 unspecified atom stereocenters. The lowest BCUT2D eigenvalue weighted by molar-refractivity contribution is -0.137. The Morgan fingerprint density at radius 1 is 1.22 bits per heavy atom. The first-order valence-corrected chi connectivity index (χ1v) is 10.3. The zero-order valence-corrected chi connectivity index (χ0v) is 15.9. The zero-order valence-electron chi connectivity index (χ0n) is 15.1. The first kappa shape index (κ1) is 19.1. The van der Waals surface area contributed by atoms with Gasteiger partial charge in [-0.15, -0.1) is 0 Å². The van der Waals surface area contributed by atoms with E-state index >= 15 is 0 Å². The largest absolute Gasteiger partial charge is 0.375 e. The van der Waals surface area contributed by atoms with Crippen LogP contribution >= 0.6 is 0 Å². The minimum atomic E-state index is -3.37. The van der Waals surface area contributed by atoms with Crippen molar-refractivity contribution in [1.82, 2.24) is 5.01 Å². The van der Waals surface area contributed by atoms with Gasteiger partial charge in [0.25, 0.3) is 5.91 Å². The summed E-state index contributed by atoms with van der Waals surface area (Å²) in [6.07, 6.45) is 1.63. The number of hydrazone groups is 1. The van der Waals surface area contributed by atoms with Gasteiger partial charge in [-0.2, -0.15) is 5.10 Å². The number of sulfonamides is 1. The number of anilines is 1. The van der Waals surface area contributed by atoms with Crippen molar-refractivity contribution in [1.29, 1.82) is 0 Å². The molecule has 0 saturated carbocycles. The van der Waals surface area contributed by atoms with E-state index in [1.807, 2.05) is 36.4 Å². The summed E-state index contributed by atoms with van der Waals surface area (Å²) in [6, 6.07) is 16.4. The van der Waals surface area contributed by atoms with E-state index in [0.717, 1.165) is 17.4 Å². The van der Waals surface area contributed by atoms with Gasteiger partial charge in [0.1, 0.15) is 6.61 Å². The standard InChI is InChI=1S/C19H21N3O4S/c1-26-13-19(23)22-18(14-7-4-3-5-8-14)12-17(20-22)15-9-6-10-16(11-15)21-27(2,24)25/h3-11,18,21H,12-13H2,1-2H3/t18-/m1/s1. The van der Waals surface area contributed by atoms with Crippen LogP contribution in [0, 0.1) is 0 Å². The number of hydrogen-bond acceptors (Lipinski definition) is 5. The summed E-state index contributed by atoms with van der Waals surface area (Å²) in [7, 11) is -1.90. The van der Waals surface area contributed by atoms with Crippen LogP contribution in [0.5, 0.6) is 0 Å². The summed E-state index contributed by atoms with van der Waals surface area (Å²) in [5.41, 5.74) is 2.91. The summed E-state index contributed by atoms with van der Waals surface area (Å²) in [5.74, 6) is -0.230. The third kappa shape index (κ3) is 4.72. The van der Waals surface area contributed by atoms with Gasteiger partial charge in [-0.05, 0) is 23.3 Å². The van der Waals surface area contributed by atoms with Gasteiger partial charge in [0.15, 0.2) is 0 Å². The van der Waals surface area contributed by atoms with Gasteiger partial charge in [-0.3, -0.25) is 9.52 Å². The number of hydrogen-bond donors (Lipinski definition) is 1. The SMILES string of the molecule is COCC(=O)N1N=C(c2cccc(NS(C)(=O)=O)c2)C[C@@H]1c1ccccc1. The number of nitrogens with zero attached hydrogens (tertiary/aromatic N) is 2. The smallest absolute Gasteiger partial charge is 0.269 e. The van der Waals surface area contributed by atoms with Crippen molar-refractivity contribution in [2.75, 3.05) is 24.7 Å². The number of methoxy groups -OCH3 is 1. The predicted octanol–water partition coefficient (Wildman–Crippen LogP) is 2.38. The fourth-order valence-electron chi connectivity index (χ4n) is 3.02. The van der Waals surface area contributed by atoms with Crippen molar-refractivity contribution < 1.29 is 17.9 Å². The highest BCUT2D eigenvalue weighted by atomic mass is 32.2. The van der Waals surface area contributed by atoms with Crippen LogP contribution in [-0.2, 0) is 19.6 Å². The summed E-state index contributed by atoms with van der Waals surface area (Å²) >= 11 is 0. The summed E-state index contributed by atoms with van der Waals surface area (Å²) in [5, 5.41) is 5.96. The van der Waals surface area contributed by atoms with Crippen molar-refractivity contribution in [3.05, 3.63) is 65.7 Å². The average molecular weight is 387 g/mol. The van der Waals surface area contributed by atoms with Crippen LogP contribution in [0.4, 0.5) is 5.69 Å². The number of rotatable bonds is 6. The maximum Gasteiger partial charge on any atom is 0.269 e. The number of carbonyl (C=O) groups excluding carboxylic acids is 1. The molecule has 2 aromatic carbocycles. The fraction of sp³-hybridized carbons (Fsp3) is 0.263. The van der Waals surface area contributed by atoms with E-state index in [1.165, 1.54) is 12.1 Å². The molecule has 0 spiro atoms. The second kappa shape index (κ2) is 7.89. The molecular formula is C19H21N3O4S. The van der Waals surface area contributed by atoms with Crippen LogP contribution in [0.25, 0.3) is 0 Å². The molecule has 142 valence electrons.